The fraction of sp³-hybridized carbons (Fsp3) is 0.0769. The first-order valence-corrected chi connectivity index (χ1v) is 6.66. The lowest BCUT2D eigenvalue weighted by Gasteiger charge is -2.11. The quantitative estimate of drug-likeness (QED) is 0.730. The molecule has 16 heavy (non-hydrogen) atoms. The van der Waals surface area contributed by atoms with E-state index in [-0.39, 0.29) is 0 Å². The highest BCUT2D eigenvalue weighted by molar-refractivity contribution is 7.69. The zero-order valence-electron chi connectivity index (χ0n) is 9.07. The predicted molar refractivity (Wildman–Crippen MR) is 71.4 cm³/mol. The van der Waals surface area contributed by atoms with Gasteiger partial charge in [-0.2, -0.15) is 0 Å². The number of nitrogens with one attached hydrogen (secondary N) is 2. The van der Waals surface area contributed by atoms with Gasteiger partial charge in [0.15, 0.2) is 0 Å². The third-order valence-corrected chi connectivity index (χ3v) is 4.43. The average molecular weight is 228 g/mol. The van der Waals surface area contributed by atoms with E-state index in [0.717, 1.165) is 0 Å². The van der Waals surface area contributed by atoms with Gasteiger partial charge in [-0.25, -0.2) is 0 Å². The molecular formula is C13H13N2P. The summed E-state index contributed by atoms with van der Waals surface area (Å²) >= 11 is 0. The number of anilines is 2. The summed E-state index contributed by atoms with van der Waals surface area (Å²) in [7, 11) is -0.479. The van der Waals surface area contributed by atoms with Crippen molar-refractivity contribution in [2.45, 2.75) is 6.92 Å². The highest BCUT2D eigenvalue weighted by Gasteiger charge is 2.20. The van der Waals surface area contributed by atoms with Crippen molar-refractivity contribution in [1.82, 2.24) is 0 Å². The molecule has 0 fully saturated rings. The number of benzene rings is 2. The highest BCUT2D eigenvalue weighted by atomic mass is 31.1. The fourth-order valence-electron chi connectivity index (χ4n) is 1.77. The van der Waals surface area contributed by atoms with Crippen LogP contribution in [-0.4, -0.2) is 0 Å². The van der Waals surface area contributed by atoms with Gasteiger partial charge in [0.25, 0.3) is 0 Å². The van der Waals surface area contributed by atoms with Crippen molar-refractivity contribution >= 4 is 24.9 Å². The maximum absolute atomic E-state index is 3.52. The summed E-state index contributed by atoms with van der Waals surface area (Å²) in [5.41, 5.74) is 3.71. The monoisotopic (exact) mass is 228 g/mol. The minimum atomic E-state index is -0.479. The molecule has 3 rings (SSSR count). The Morgan fingerprint density at radius 1 is 0.812 bits per heavy atom. The van der Waals surface area contributed by atoms with Crippen LogP contribution >= 0.6 is 8.22 Å². The summed E-state index contributed by atoms with van der Waals surface area (Å²) in [4.78, 5) is 0. The first kappa shape index (κ1) is 9.68. The van der Waals surface area contributed by atoms with Crippen molar-refractivity contribution in [1.29, 1.82) is 0 Å². The minimum Gasteiger partial charge on any atom is -0.342 e. The van der Waals surface area contributed by atoms with E-state index >= 15 is 0 Å². The van der Waals surface area contributed by atoms with Crippen LogP contribution in [0.4, 0.5) is 11.4 Å². The Morgan fingerprint density at radius 2 is 1.38 bits per heavy atom. The van der Waals surface area contributed by atoms with E-state index in [1.165, 1.54) is 22.2 Å². The summed E-state index contributed by atoms with van der Waals surface area (Å²) in [6, 6.07) is 17.0. The van der Waals surface area contributed by atoms with Crippen LogP contribution in [0.1, 0.15) is 5.56 Å². The normalized spacial score (nSPS) is 14.1. The molecule has 3 heteroatoms. The zero-order chi connectivity index (χ0) is 11.0. The second kappa shape index (κ2) is 3.80. The molecule has 1 heterocycles. The Bertz CT molecular complexity index is 483. The van der Waals surface area contributed by atoms with Crippen LogP contribution in [0.5, 0.6) is 0 Å². The van der Waals surface area contributed by atoms with Crippen LogP contribution < -0.4 is 15.5 Å². The molecule has 1 aliphatic rings. The van der Waals surface area contributed by atoms with Crippen LogP contribution in [0.25, 0.3) is 0 Å². The summed E-state index contributed by atoms with van der Waals surface area (Å²) in [5, 5.41) is 8.38. The predicted octanol–water partition coefficient (Wildman–Crippen LogP) is 3.47. The minimum absolute atomic E-state index is 0.479. The molecule has 0 unspecified atom stereocenters. The molecule has 0 aromatic heterocycles. The van der Waals surface area contributed by atoms with Crippen molar-refractivity contribution in [2.75, 3.05) is 10.2 Å². The average Bonchev–Trinajstić information content (AvgIpc) is 2.73. The summed E-state index contributed by atoms with van der Waals surface area (Å²) < 4.78 is 0. The Balaban J connectivity index is 1.88. The van der Waals surface area contributed by atoms with E-state index in [9.17, 15) is 0 Å². The molecule has 0 atom stereocenters. The first-order valence-electron chi connectivity index (χ1n) is 5.32. The fourth-order valence-corrected chi connectivity index (χ4v) is 3.40. The molecule has 2 N–H and O–H groups in total. The molecule has 0 radical (unpaired) electrons. The zero-order valence-corrected chi connectivity index (χ0v) is 9.96. The lowest BCUT2D eigenvalue weighted by atomic mass is 10.2. The van der Waals surface area contributed by atoms with Gasteiger partial charge in [0.05, 0.1) is 11.4 Å². The topological polar surface area (TPSA) is 24.1 Å². The van der Waals surface area contributed by atoms with Gasteiger partial charge < -0.3 is 10.2 Å². The molecule has 0 spiro atoms. The Hall–Kier alpha value is -1.53. The standard InChI is InChI=1S/C13H13N2P/c1-10-6-8-11(9-7-10)16-14-12-4-2-3-5-13(12)15-16/h2-9,14-15H,1H3. The number of para-hydroxylation sites is 2. The van der Waals surface area contributed by atoms with Crippen LogP contribution in [0.2, 0.25) is 0 Å². The van der Waals surface area contributed by atoms with Gasteiger partial charge in [-0.05, 0) is 19.1 Å². The van der Waals surface area contributed by atoms with Crippen molar-refractivity contribution < 1.29 is 0 Å². The van der Waals surface area contributed by atoms with Crippen LogP contribution in [0.3, 0.4) is 0 Å². The lowest BCUT2D eigenvalue weighted by Crippen LogP contribution is -2.07. The number of fused-ring (bicyclic) bond motifs is 1. The van der Waals surface area contributed by atoms with E-state index in [1.54, 1.807) is 0 Å². The van der Waals surface area contributed by atoms with Crippen LogP contribution in [0.15, 0.2) is 48.5 Å². The molecule has 2 aromatic rings. The van der Waals surface area contributed by atoms with Gasteiger partial charge in [-0.3, -0.25) is 0 Å². The first-order chi connectivity index (χ1) is 7.83. The molecule has 2 aromatic carbocycles. The molecule has 0 saturated carbocycles. The Morgan fingerprint density at radius 3 is 1.94 bits per heavy atom. The third kappa shape index (κ3) is 1.66. The summed E-state index contributed by atoms with van der Waals surface area (Å²) in [6.07, 6.45) is 0. The van der Waals surface area contributed by atoms with E-state index in [1.807, 2.05) is 0 Å². The van der Waals surface area contributed by atoms with Gasteiger partial charge in [0, 0.05) is 5.30 Å². The van der Waals surface area contributed by atoms with E-state index in [4.69, 9.17) is 0 Å². The van der Waals surface area contributed by atoms with Crippen molar-refractivity contribution in [3.63, 3.8) is 0 Å². The summed E-state index contributed by atoms with van der Waals surface area (Å²) in [6.45, 7) is 2.11. The van der Waals surface area contributed by atoms with Crippen molar-refractivity contribution in [3.8, 4) is 0 Å². The second-order valence-electron chi connectivity index (χ2n) is 3.94. The molecule has 0 bridgehead atoms. The maximum atomic E-state index is 3.52. The SMILES string of the molecule is Cc1ccc(P2Nc3ccccc3N2)cc1. The number of aryl methyl sites for hydroxylation is 1. The molecule has 0 amide bonds. The smallest absolute Gasteiger partial charge is 0.123 e. The van der Waals surface area contributed by atoms with Gasteiger partial charge >= 0.3 is 0 Å². The summed E-state index contributed by atoms with van der Waals surface area (Å²) in [5.74, 6) is 0. The van der Waals surface area contributed by atoms with Gasteiger partial charge in [-0.15, -0.1) is 0 Å². The lowest BCUT2D eigenvalue weighted by molar-refractivity contribution is 1.49. The molecule has 2 nitrogen and oxygen atoms in total. The number of rotatable bonds is 1. The molecule has 0 saturated heterocycles. The Kier molecular flexibility index (Phi) is 2.30. The largest absolute Gasteiger partial charge is 0.342 e. The van der Waals surface area contributed by atoms with Crippen LogP contribution in [0, 0.1) is 6.92 Å². The van der Waals surface area contributed by atoms with Gasteiger partial charge in [0.1, 0.15) is 8.22 Å². The van der Waals surface area contributed by atoms with E-state index < -0.39 is 8.22 Å². The van der Waals surface area contributed by atoms with Crippen molar-refractivity contribution in [2.24, 2.45) is 0 Å². The Labute approximate surface area is 96.6 Å². The molecule has 1 aliphatic heterocycles. The van der Waals surface area contributed by atoms with Crippen LogP contribution in [-0.2, 0) is 0 Å². The maximum Gasteiger partial charge on any atom is 0.123 e. The van der Waals surface area contributed by atoms with E-state index in [0.29, 0.717) is 0 Å². The molecular weight excluding hydrogens is 215 g/mol. The highest BCUT2D eigenvalue weighted by Crippen LogP contribution is 2.46. The molecule has 80 valence electrons. The van der Waals surface area contributed by atoms with Gasteiger partial charge in [-0.1, -0.05) is 42.0 Å². The number of hydrogen-bond donors (Lipinski definition) is 2. The van der Waals surface area contributed by atoms with E-state index in [2.05, 4.69) is 65.6 Å². The number of hydrogen-bond acceptors (Lipinski definition) is 2. The second-order valence-corrected chi connectivity index (χ2v) is 5.57. The third-order valence-electron chi connectivity index (χ3n) is 2.68. The van der Waals surface area contributed by atoms with Gasteiger partial charge in [0.2, 0.25) is 0 Å². The molecule has 0 aliphatic carbocycles. The van der Waals surface area contributed by atoms with Crippen molar-refractivity contribution in [3.05, 3.63) is 54.1 Å².